The summed E-state index contributed by atoms with van der Waals surface area (Å²) in [6.45, 7) is 5.12. The van der Waals surface area contributed by atoms with Gasteiger partial charge in [0.05, 0.1) is 24.5 Å². The Hall–Kier alpha value is -2.16. The molecule has 1 aliphatic rings. The minimum Gasteiger partial charge on any atom is -0.494 e. The summed E-state index contributed by atoms with van der Waals surface area (Å²) >= 11 is 3.18. The molecule has 3 aromatic rings. The summed E-state index contributed by atoms with van der Waals surface area (Å²) in [6, 6.07) is 5.87. The third-order valence-corrected chi connectivity index (χ3v) is 6.96. The number of aromatic nitrogens is 1. The van der Waals surface area contributed by atoms with Crippen molar-refractivity contribution in [1.29, 1.82) is 0 Å². The summed E-state index contributed by atoms with van der Waals surface area (Å²) in [6.07, 6.45) is 1.99. The van der Waals surface area contributed by atoms with Crippen molar-refractivity contribution in [3.05, 3.63) is 34.2 Å². The van der Waals surface area contributed by atoms with Gasteiger partial charge in [-0.15, -0.1) is 11.3 Å². The van der Waals surface area contributed by atoms with Crippen LogP contribution in [0.2, 0.25) is 0 Å². The van der Waals surface area contributed by atoms with Crippen molar-refractivity contribution in [2.45, 2.75) is 26.3 Å². The molecular formula is C20H23N3O3S2. The number of ether oxygens (including phenoxy) is 2. The molecular weight excluding hydrogens is 394 g/mol. The number of carbonyl (C=O) groups excluding carboxylic acids is 1. The average Bonchev–Trinajstić information content (AvgIpc) is 3.27. The Morgan fingerprint density at radius 1 is 1.32 bits per heavy atom. The van der Waals surface area contributed by atoms with E-state index in [4.69, 9.17) is 9.47 Å². The van der Waals surface area contributed by atoms with Crippen molar-refractivity contribution >= 4 is 49.0 Å². The van der Waals surface area contributed by atoms with Gasteiger partial charge in [0.25, 0.3) is 0 Å². The van der Waals surface area contributed by atoms with E-state index in [1.54, 1.807) is 29.8 Å². The van der Waals surface area contributed by atoms with E-state index in [2.05, 4.69) is 22.1 Å². The number of nitrogens with zero attached hydrogens (tertiary/aromatic N) is 2. The number of methoxy groups -OCH3 is 2. The minimum atomic E-state index is -0.289. The maximum Gasteiger partial charge on any atom is 0.341 e. The molecule has 6 nitrogen and oxygen atoms in total. The van der Waals surface area contributed by atoms with Crippen LogP contribution >= 0.6 is 22.7 Å². The molecule has 0 saturated heterocycles. The molecule has 1 N–H and O–H groups in total. The van der Waals surface area contributed by atoms with Crippen LogP contribution in [0.4, 0.5) is 10.1 Å². The van der Waals surface area contributed by atoms with Crippen LogP contribution in [-0.4, -0.2) is 43.2 Å². The molecule has 1 aliphatic heterocycles. The van der Waals surface area contributed by atoms with Gasteiger partial charge < -0.3 is 14.8 Å². The summed E-state index contributed by atoms with van der Waals surface area (Å²) in [4.78, 5) is 20.9. The number of fused-ring (bicyclic) bond motifs is 2. The lowest BCUT2D eigenvalue weighted by Gasteiger charge is -2.26. The molecule has 0 radical (unpaired) electrons. The van der Waals surface area contributed by atoms with Gasteiger partial charge in [-0.3, -0.25) is 4.90 Å². The monoisotopic (exact) mass is 417 g/mol. The zero-order valence-corrected chi connectivity index (χ0v) is 17.8. The maximum atomic E-state index is 12.5. The third-order valence-electron chi connectivity index (χ3n) is 4.89. The summed E-state index contributed by atoms with van der Waals surface area (Å²) in [5.74, 6) is 0.457. The fourth-order valence-electron chi connectivity index (χ4n) is 3.61. The Kier molecular flexibility index (Phi) is 5.52. The number of esters is 1. The Balaban J connectivity index is 1.70. The van der Waals surface area contributed by atoms with Crippen molar-refractivity contribution in [1.82, 2.24) is 9.88 Å². The smallest absolute Gasteiger partial charge is 0.341 e. The number of anilines is 2. The van der Waals surface area contributed by atoms with Crippen LogP contribution in [0.15, 0.2) is 18.2 Å². The first-order valence-corrected chi connectivity index (χ1v) is 10.9. The van der Waals surface area contributed by atoms with E-state index in [1.807, 2.05) is 18.2 Å². The van der Waals surface area contributed by atoms with Gasteiger partial charge in [0, 0.05) is 18.0 Å². The summed E-state index contributed by atoms with van der Waals surface area (Å²) < 4.78 is 11.5. The summed E-state index contributed by atoms with van der Waals surface area (Å²) in [5, 5.41) is 4.94. The Labute approximate surface area is 172 Å². The molecule has 1 aromatic carbocycles. The van der Waals surface area contributed by atoms with E-state index in [-0.39, 0.29) is 5.97 Å². The number of nitrogens with one attached hydrogen (secondary N) is 1. The number of thiophene rings is 1. The second-order valence-electron chi connectivity index (χ2n) is 6.68. The molecule has 8 heteroatoms. The standard InChI is InChI=1S/C20H23N3O3S2/c1-4-9-23-10-8-12-15(11-23)27-18(16(12)19(24)26-3)22-20-21-17-13(25-2)6-5-7-14(17)28-20/h5-7H,4,8-11H2,1-3H3,(H,21,22). The minimum absolute atomic E-state index is 0.289. The lowest BCUT2D eigenvalue weighted by Crippen LogP contribution is -2.30. The molecule has 4 rings (SSSR count). The molecule has 148 valence electrons. The van der Waals surface area contributed by atoms with Crippen molar-refractivity contribution in [3.8, 4) is 5.75 Å². The molecule has 0 fully saturated rings. The zero-order valence-electron chi connectivity index (χ0n) is 16.2. The van der Waals surface area contributed by atoms with Crippen molar-refractivity contribution < 1.29 is 14.3 Å². The van der Waals surface area contributed by atoms with Gasteiger partial charge in [-0.1, -0.05) is 24.3 Å². The predicted molar refractivity (Wildman–Crippen MR) is 114 cm³/mol. The number of thiazole rings is 1. The van der Waals surface area contributed by atoms with Crippen LogP contribution in [0.1, 0.15) is 34.1 Å². The van der Waals surface area contributed by atoms with Crippen molar-refractivity contribution in [3.63, 3.8) is 0 Å². The molecule has 0 aliphatic carbocycles. The molecule has 0 amide bonds. The SMILES string of the molecule is CCCN1CCc2c(sc(Nc3nc4c(OC)cccc4s3)c2C(=O)OC)C1. The van der Waals surface area contributed by atoms with E-state index >= 15 is 0 Å². The van der Waals surface area contributed by atoms with Gasteiger partial charge in [-0.2, -0.15) is 0 Å². The first kappa shape index (κ1) is 19.2. The second-order valence-corrected chi connectivity index (χ2v) is 8.81. The van der Waals surface area contributed by atoms with E-state index in [0.717, 1.165) is 64.1 Å². The van der Waals surface area contributed by atoms with Crippen molar-refractivity contribution in [2.75, 3.05) is 32.6 Å². The molecule has 0 saturated carbocycles. The molecule has 2 aromatic heterocycles. The lowest BCUT2D eigenvalue weighted by atomic mass is 10.0. The molecule has 3 heterocycles. The highest BCUT2D eigenvalue weighted by atomic mass is 32.1. The fraction of sp³-hybridized carbons (Fsp3) is 0.400. The largest absolute Gasteiger partial charge is 0.494 e. The van der Waals surface area contributed by atoms with Crippen LogP contribution in [-0.2, 0) is 17.7 Å². The number of hydrogen-bond acceptors (Lipinski definition) is 8. The number of hydrogen-bond donors (Lipinski definition) is 1. The Morgan fingerprint density at radius 2 is 2.18 bits per heavy atom. The van der Waals surface area contributed by atoms with Gasteiger partial charge in [0.1, 0.15) is 16.3 Å². The van der Waals surface area contributed by atoms with E-state index < -0.39 is 0 Å². The third kappa shape index (κ3) is 3.47. The highest BCUT2D eigenvalue weighted by molar-refractivity contribution is 7.23. The van der Waals surface area contributed by atoms with E-state index in [0.29, 0.717) is 5.56 Å². The Morgan fingerprint density at radius 3 is 2.93 bits per heavy atom. The number of carbonyl (C=O) groups is 1. The molecule has 0 bridgehead atoms. The average molecular weight is 418 g/mol. The first-order valence-electron chi connectivity index (χ1n) is 9.30. The molecule has 28 heavy (non-hydrogen) atoms. The van der Waals surface area contributed by atoms with Crippen LogP contribution in [0.3, 0.4) is 0 Å². The van der Waals surface area contributed by atoms with Crippen LogP contribution in [0, 0.1) is 0 Å². The van der Waals surface area contributed by atoms with E-state index in [1.165, 1.54) is 12.0 Å². The van der Waals surface area contributed by atoms with Crippen LogP contribution in [0.25, 0.3) is 10.2 Å². The van der Waals surface area contributed by atoms with Gasteiger partial charge >= 0.3 is 5.97 Å². The van der Waals surface area contributed by atoms with Gasteiger partial charge in [0.15, 0.2) is 5.13 Å². The molecule has 0 unspecified atom stereocenters. The normalized spacial score (nSPS) is 14.1. The number of rotatable bonds is 6. The van der Waals surface area contributed by atoms with Crippen molar-refractivity contribution in [2.24, 2.45) is 0 Å². The topological polar surface area (TPSA) is 63.7 Å². The lowest BCUT2D eigenvalue weighted by molar-refractivity contribution is 0.0600. The second kappa shape index (κ2) is 8.06. The number of benzene rings is 1. The van der Waals surface area contributed by atoms with Gasteiger partial charge in [-0.05, 0) is 37.1 Å². The predicted octanol–water partition coefficient (Wildman–Crippen LogP) is 4.66. The van der Waals surface area contributed by atoms with Gasteiger partial charge in [-0.25, -0.2) is 9.78 Å². The van der Waals surface area contributed by atoms with Crippen LogP contribution < -0.4 is 10.1 Å². The highest BCUT2D eigenvalue weighted by Crippen LogP contribution is 2.41. The summed E-state index contributed by atoms with van der Waals surface area (Å²) in [5.41, 5.74) is 2.60. The van der Waals surface area contributed by atoms with Gasteiger partial charge in [0.2, 0.25) is 0 Å². The van der Waals surface area contributed by atoms with Crippen LogP contribution in [0.5, 0.6) is 5.75 Å². The highest BCUT2D eigenvalue weighted by Gasteiger charge is 2.28. The quantitative estimate of drug-likeness (QED) is 0.588. The number of para-hydroxylation sites is 1. The molecule has 0 atom stereocenters. The fourth-order valence-corrected chi connectivity index (χ4v) is 5.84. The maximum absolute atomic E-state index is 12.5. The Bertz CT molecular complexity index is 1010. The summed E-state index contributed by atoms with van der Waals surface area (Å²) in [7, 11) is 3.08. The van der Waals surface area contributed by atoms with E-state index in [9.17, 15) is 4.79 Å². The zero-order chi connectivity index (χ0) is 19.7. The molecule has 0 spiro atoms. The first-order chi connectivity index (χ1) is 13.6.